The summed E-state index contributed by atoms with van der Waals surface area (Å²) >= 11 is 2.24. The molecule has 1 aliphatic heterocycles. The number of hydrogen-bond donors (Lipinski definition) is 1. The smallest absolute Gasteiger partial charge is 0.293 e. The van der Waals surface area contributed by atoms with E-state index in [4.69, 9.17) is 10.8 Å². The first kappa shape index (κ1) is 17.5. The standard InChI is InChI=1S/C19H13N3O3S2/c1-2-3-10-22-17(23)15(26-19(22)24)11-12-8-9-16(25-12)27-18-20-13-6-4-5-7-14(13)21-18/h1,4-9,11H,3,10H2,(H,20,21)/b15-11-. The topological polar surface area (TPSA) is 79.2 Å². The second kappa shape index (κ2) is 7.39. The van der Waals surface area contributed by atoms with Crippen molar-refractivity contribution in [2.75, 3.05) is 6.54 Å². The van der Waals surface area contributed by atoms with Gasteiger partial charge in [0, 0.05) is 19.0 Å². The minimum absolute atomic E-state index is 0.226. The van der Waals surface area contributed by atoms with Crippen molar-refractivity contribution in [3.8, 4) is 12.3 Å². The number of para-hydroxylation sites is 2. The molecule has 1 aliphatic rings. The molecule has 3 aromatic rings. The number of fused-ring (bicyclic) bond motifs is 1. The van der Waals surface area contributed by atoms with Crippen LogP contribution >= 0.6 is 23.5 Å². The zero-order chi connectivity index (χ0) is 18.8. The fourth-order valence-corrected chi connectivity index (χ4v) is 4.15. The third kappa shape index (κ3) is 3.65. The van der Waals surface area contributed by atoms with Gasteiger partial charge in [0.15, 0.2) is 10.2 Å². The monoisotopic (exact) mass is 395 g/mol. The predicted molar refractivity (Wildman–Crippen MR) is 105 cm³/mol. The molecule has 0 aliphatic carbocycles. The number of hydrogen-bond acceptors (Lipinski definition) is 6. The number of rotatable bonds is 5. The van der Waals surface area contributed by atoms with Crippen LogP contribution in [0.4, 0.5) is 4.79 Å². The summed E-state index contributed by atoms with van der Waals surface area (Å²) in [5.74, 6) is 2.58. The third-order valence-corrected chi connectivity index (χ3v) is 5.51. The van der Waals surface area contributed by atoms with Crippen LogP contribution in [0.15, 0.2) is 56.0 Å². The Bertz CT molecular complexity index is 1070. The van der Waals surface area contributed by atoms with Crippen molar-refractivity contribution in [1.29, 1.82) is 0 Å². The Balaban J connectivity index is 1.49. The van der Waals surface area contributed by atoms with Gasteiger partial charge in [0.05, 0.1) is 15.9 Å². The number of amides is 2. The van der Waals surface area contributed by atoms with Gasteiger partial charge in [-0.2, -0.15) is 0 Å². The van der Waals surface area contributed by atoms with Gasteiger partial charge in [-0.3, -0.25) is 14.5 Å². The normalized spacial score (nSPS) is 15.8. The molecular weight excluding hydrogens is 382 g/mol. The Kier molecular flexibility index (Phi) is 4.79. The molecule has 0 spiro atoms. The molecule has 1 N–H and O–H groups in total. The van der Waals surface area contributed by atoms with Crippen LogP contribution in [0.25, 0.3) is 17.1 Å². The lowest BCUT2D eigenvalue weighted by Gasteiger charge is -2.09. The van der Waals surface area contributed by atoms with E-state index >= 15 is 0 Å². The number of carbonyl (C=O) groups is 2. The van der Waals surface area contributed by atoms with Gasteiger partial charge in [0.2, 0.25) is 0 Å². The lowest BCUT2D eigenvalue weighted by atomic mass is 10.3. The van der Waals surface area contributed by atoms with E-state index in [1.54, 1.807) is 18.2 Å². The number of furan rings is 1. The number of imide groups is 1. The van der Waals surface area contributed by atoms with E-state index in [1.165, 1.54) is 11.8 Å². The van der Waals surface area contributed by atoms with Crippen molar-refractivity contribution in [2.45, 2.75) is 16.7 Å². The van der Waals surface area contributed by atoms with Gasteiger partial charge in [0.25, 0.3) is 11.1 Å². The van der Waals surface area contributed by atoms with Crippen LogP contribution in [0.2, 0.25) is 0 Å². The number of terminal acetylenes is 1. The van der Waals surface area contributed by atoms with Crippen molar-refractivity contribution in [2.24, 2.45) is 0 Å². The molecule has 8 heteroatoms. The molecule has 3 heterocycles. The second-order valence-electron chi connectivity index (χ2n) is 5.61. The number of benzene rings is 1. The molecule has 0 saturated carbocycles. The van der Waals surface area contributed by atoms with Crippen molar-refractivity contribution in [3.63, 3.8) is 0 Å². The van der Waals surface area contributed by atoms with Gasteiger partial charge in [0.1, 0.15) is 5.76 Å². The zero-order valence-electron chi connectivity index (χ0n) is 14.0. The van der Waals surface area contributed by atoms with Crippen LogP contribution in [-0.4, -0.2) is 32.6 Å². The fourth-order valence-electron chi connectivity index (χ4n) is 2.54. The minimum atomic E-state index is -0.344. The summed E-state index contributed by atoms with van der Waals surface area (Å²) in [6.45, 7) is 0.226. The zero-order valence-corrected chi connectivity index (χ0v) is 15.6. The molecular formula is C19H13N3O3S2. The van der Waals surface area contributed by atoms with Crippen LogP contribution in [0.3, 0.4) is 0 Å². The quantitative estimate of drug-likeness (QED) is 0.511. The van der Waals surface area contributed by atoms with Crippen LogP contribution in [0.1, 0.15) is 12.2 Å². The number of aromatic amines is 1. The number of nitrogens with zero attached hydrogens (tertiary/aromatic N) is 2. The van der Waals surface area contributed by atoms with Gasteiger partial charge in [-0.15, -0.1) is 12.3 Å². The molecule has 2 amide bonds. The Morgan fingerprint density at radius 3 is 2.96 bits per heavy atom. The highest BCUT2D eigenvalue weighted by molar-refractivity contribution is 8.18. The maximum Gasteiger partial charge on any atom is 0.293 e. The summed E-state index contributed by atoms with van der Waals surface area (Å²) in [5, 5.41) is 1.03. The number of thioether (sulfide) groups is 1. The molecule has 0 unspecified atom stereocenters. The van der Waals surface area contributed by atoms with Crippen molar-refractivity contribution < 1.29 is 14.0 Å². The third-order valence-electron chi connectivity index (χ3n) is 3.79. The molecule has 1 fully saturated rings. The number of imidazole rings is 1. The van der Waals surface area contributed by atoms with Crippen LogP contribution in [-0.2, 0) is 4.79 Å². The fraction of sp³-hybridized carbons (Fsp3) is 0.105. The van der Waals surface area contributed by atoms with E-state index in [2.05, 4.69) is 15.9 Å². The van der Waals surface area contributed by atoms with Gasteiger partial charge in [-0.05, 0) is 47.8 Å². The Hall–Kier alpha value is -2.89. The molecule has 1 aromatic carbocycles. The highest BCUT2D eigenvalue weighted by atomic mass is 32.2. The molecule has 0 atom stereocenters. The van der Waals surface area contributed by atoms with Crippen LogP contribution in [0, 0.1) is 12.3 Å². The average Bonchev–Trinajstić information content (AvgIpc) is 3.33. The van der Waals surface area contributed by atoms with Gasteiger partial charge < -0.3 is 9.40 Å². The Morgan fingerprint density at radius 2 is 2.15 bits per heavy atom. The predicted octanol–water partition coefficient (Wildman–Crippen LogP) is 4.37. The first-order valence-electron chi connectivity index (χ1n) is 8.05. The van der Waals surface area contributed by atoms with Gasteiger partial charge in [-0.1, -0.05) is 12.1 Å². The Labute approximate surface area is 163 Å². The van der Waals surface area contributed by atoms with Gasteiger partial charge >= 0.3 is 0 Å². The molecule has 0 radical (unpaired) electrons. The van der Waals surface area contributed by atoms with Crippen molar-refractivity contribution in [3.05, 3.63) is 47.1 Å². The first-order chi connectivity index (χ1) is 13.1. The van der Waals surface area contributed by atoms with E-state index in [0.717, 1.165) is 27.7 Å². The van der Waals surface area contributed by atoms with Crippen LogP contribution < -0.4 is 0 Å². The summed E-state index contributed by atoms with van der Waals surface area (Å²) in [7, 11) is 0. The minimum Gasteiger partial charge on any atom is -0.450 e. The molecule has 6 nitrogen and oxygen atoms in total. The number of nitrogens with one attached hydrogen (secondary N) is 1. The van der Waals surface area contributed by atoms with E-state index in [-0.39, 0.29) is 17.7 Å². The summed E-state index contributed by atoms with van der Waals surface area (Å²) in [6.07, 6.45) is 7.11. The summed E-state index contributed by atoms with van der Waals surface area (Å²) in [5.41, 5.74) is 1.83. The second-order valence-corrected chi connectivity index (χ2v) is 7.59. The highest BCUT2D eigenvalue weighted by Gasteiger charge is 2.34. The maximum atomic E-state index is 12.3. The summed E-state index contributed by atoms with van der Waals surface area (Å²) in [6, 6.07) is 11.3. The number of carbonyl (C=O) groups excluding carboxylic acids is 2. The molecule has 27 heavy (non-hydrogen) atoms. The molecule has 4 rings (SSSR count). The van der Waals surface area contributed by atoms with Crippen molar-refractivity contribution in [1.82, 2.24) is 14.9 Å². The molecule has 1 saturated heterocycles. The van der Waals surface area contributed by atoms with E-state index in [1.807, 2.05) is 24.3 Å². The summed E-state index contributed by atoms with van der Waals surface area (Å²) in [4.78, 5) is 33.4. The lowest BCUT2D eigenvalue weighted by Crippen LogP contribution is -2.28. The van der Waals surface area contributed by atoms with E-state index in [0.29, 0.717) is 27.3 Å². The van der Waals surface area contributed by atoms with Crippen molar-refractivity contribution >= 4 is 51.8 Å². The lowest BCUT2D eigenvalue weighted by molar-refractivity contribution is -0.122. The van der Waals surface area contributed by atoms with Gasteiger partial charge in [-0.25, -0.2) is 4.98 Å². The number of H-pyrrole nitrogens is 1. The molecule has 0 bridgehead atoms. The summed E-state index contributed by atoms with van der Waals surface area (Å²) < 4.78 is 5.74. The van der Waals surface area contributed by atoms with E-state index in [9.17, 15) is 9.59 Å². The Morgan fingerprint density at radius 1 is 1.30 bits per heavy atom. The molecule has 134 valence electrons. The molecule has 2 aromatic heterocycles. The van der Waals surface area contributed by atoms with Crippen LogP contribution in [0.5, 0.6) is 0 Å². The van der Waals surface area contributed by atoms with E-state index < -0.39 is 0 Å². The largest absolute Gasteiger partial charge is 0.450 e. The average molecular weight is 395 g/mol. The maximum absolute atomic E-state index is 12.3. The highest BCUT2D eigenvalue weighted by Crippen LogP contribution is 2.34. The SMILES string of the molecule is C#CCCN1C(=O)S/C(=C\c2ccc(Sc3nc4ccccc4[nH]3)o2)C1=O. The first-order valence-corrected chi connectivity index (χ1v) is 9.68. The number of aromatic nitrogens is 2.